The summed E-state index contributed by atoms with van der Waals surface area (Å²) >= 11 is 0. The number of benzene rings is 2. The van der Waals surface area contributed by atoms with Crippen LogP contribution in [-0.4, -0.2) is 88.4 Å². The monoisotopic (exact) mass is 1140 g/mol. The molecule has 78 heavy (non-hydrogen) atoms. The summed E-state index contributed by atoms with van der Waals surface area (Å²) in [5.74, 6) is 0.970. The molecule has 0 N–H and O–H groups in total. The van der Waals surface area contributed by atoms with Gasteiger partial charge in [0.1, 0.15) is 11.7 Å². The van der Waals surface area contributed by atoms with Crippen LogP contribution >= 0.6 is 0 Å². The van der Waals surface area contributed by atoms with Gasteiger partial charge in [-0.15, -0.1) is 0 Å². The van der Waals surface area contributed by atoms with E-state index < -0.39 is 44.7 Å². The third-order valence-corrected chi connectivity index (χ3v) is 35.9. The predicted octanol–water partition coefficient (Wildman–Crippen LogP) is 17.4. The fraction of sp³-hybridized carbons (Fsp3) is 0.731. The van der Waals surface area contributed by atoms with Crippen molar-refractivity contribution in [2.24, 2.45) is 29.6 Å². The Labute approximate surface area is 482 Å². The van der Waals surface area contributed by atoms with E-state index in [1.54, 1.807) is 0 Å². The van der Waals surface area contributed by atoms with Crippen molar-refractivity contribution in [2.75, 3.05) is 13.2 Å². The van der Waals surface area contributed by atoms with E-state index in [-0.39, 0.29) is 46.5 Å². The van der Waals surface area contributed by atoms with Gasteiger partial charge in [-0.3, -0.25) is 0 Å². The molecule has 1 spiro atoms. The van der Waals surface area contributed by atoms with Gasteiger partial charge in [0, 0.05) is 25.4 Å². The molecule has 2 aromatic carbocycles. The van der Waals surface area contributed by atoms with Crippen LogP contribution in [-0.2, 0) is 31.9 Å². The van der Waals surface area contributed by atoms with Gasteiger partial charge in [0.25, 0.3) is 8.32 Å². The zero-order valence-electron chi connectivity index (χ0n) is 53.8. The Balaban J connectivity index is 1.29. The molecule has 1 aliphatic carbocycles. The maximum absolute atomic E-state index is 7.95. The molecule has 3 aliphatic heterocycles. The Hall–Kier alpha value is -1.75. The van der Waals surface area contributed by atoms with Crippen LogP contribution in [0.5, 0.6) is 0 Å². The molecule has 11 atom stereocenters. The topological polar surface area (TPSA) is 64.6 Å². The average Bonchev–Trinajstić information content (AvgIpc) is 3.91. The van der Waals surface area contributed by atoms with Gasteiger partial charge in [-0.1, -0.05) is 208 Å². The molecule has 1 saturated carbocycles. The van der Waals surface area contributed by atoms with Crippen molar-refractivity contribution in [1.29, 1.82) is 0 Å². The van der Waals surface area contributed by atoms with Crippen molar-refractivity contribution in [3.63, 3.8) is 0 Å². The number of ether oxygens (including phenoxy) is 3. The van der Waals surface area contributed by atoms with Gasteiger partial charge in [-0.25, -0.2) is 0 Å². The highest BCUT2D eigenvalue weighted by Gasteiger charge is 2.64. The van der Waals surface area contributed by atoms with Crippen LogP contribution < -0.4 is 10.4 Å². The second-order valence-electron chi connectivity index (χ2n) is 30.0. The molecular formula is C67H114O7Si4. The average molecular weight is 1140 g/mol. The molecule has 4 aliphatic rings. The lowest BCUT2D eigenvalue weighted by Gasteiger charge is -2.56. The summed E-state index contributed by atoms with van der Waals surface area (Å²) in [4.78, 5) is 0. The van der Waals surface area contributed by atoms with E-state index >= 15 is 0 Å². The lowest BCUT2D eigenvalue weighted by atomic mass is 9.66. The van der Waals surface area contributed by atoms with Gasteiger partial charge in [-0.2, -0.15) is 0 Å². The lowest BCUT2D eigenvalue weighted by molar-refractivity contribution is -0.338. The summed E-state index contributed by atoms with van der Waals surface area (Å²) in [6.07, 6.45) is 15.7. The van der Waals surface area contributed by atoms with Crippen molar-refractivity contribution in [3.8, 4) is 0 Å². The molecule has 0 radical (unpaired) electrons. The summed E-state index contributed by atoms with van der Waals surface area (Å²) < 4.78 is 52.5. The van der Waals surface area contributed by atoms with E-state index in [0.29, 0.717) is 53.5 Å². The fourth-order valence-electron chi connectivity index (χ4n) is 14.6. The maximum Gasteiger partial charge on any atom is 0.261 e. The molecule has 3 saturated heterocycles. The molecule has 11 heteroatoms. The first-order chi connectivity index (χ1) is 36.1. The largest absolute Gasteiger partial charge is 0.416 e. The first kappa shape index (κ1) is 65.4. The predicted molar refractivity (Wildman–Crippen MR) is 340 cm³/mol. The van der Waals surface area contributed by atoms with Gasteiger partial charge >= 0.3 is 0 Å². The quantitative estimate of drug-likeness (QED) is 0.0911. The zero-order valence-corrected chi connectivity index (χ0v) is 57.8. The molecule has 0 bridgehead atoms. The van der Waals surface area contributed by atoms with Crippen LogP contribution in [0.25, 0.3) is 0 Å². The fourth-order valence-corrected chi connectivity index (χ4v) is 27.5. The highest BCUT2D eigenvalue weighted by molar-refractivity contribution is 6.99. The van der Waals surface area contributed by atoms with Crippen molar-refractivity contribution in [1.82, 2.24) is 0 Å². The second kappa shape index (κ2) is 25.6. The number of rotatable bonds is 21. The van der Waals surface area contributed by atoms with Crippen molar-refractivity contribution >= 4 is 43.6 Å². The van der Waals surface area contributed by atoms with Crippen LogP contribution in [0.2, 0.25) is 59.4 Å². The van der Waals surface area contributed by atoms with E-state index in [1.807, 2.05) is 0 Å². The van der Waals surface area contributed by atoms with E-state index in [9.17, 15) is 0 Å². The Morgan fingerprint density at radius 3 is 1.83 bits per heavy atom. The van der Waals surface area contributed by atoms with Gasteiger partial charge in [0.2, 0.25) is 8.32 Å². The number of fused-ring (bicyclic) bond motifs is 1. The summed E-state index contributed by atoms with van der Waals surface area (Å²) in [6, 6.07) is 22.2. The lowest BCUT2D eigenvalue weighted by Crippen LogP contribution is -2.69. The standard InChI is InChI=1S/C67H114O7Si4/c1-47(2)61-53(11)39-40-66(71-61)44-58(72-78(65(16,17)18,59-33-26-24-27-34-59)60-35-28-25-29-36-60)43-57(70-66)38-37-52(10)41-51(9)31-30-32-55-45-68-63-62(73-77(48(3)4,49(5)6)50(7)8)54(12)42-56(67(55,63)74-75(19,20)21)46-69-76(22,23)64(13,14)15/h24-37,47-51,53-54,56-58,61-63H,38-46H2,1-23H3/b31-30-,52-37+,55-32+/t51-,53-,54-,56-,57+,58-,61+,62-,63+,66+,67+/m0/s1. The van der Waals surface area contributed by atoms with Crippen LogP contribution in [0.15, 0.2) is 96.1 Å². The Morgan fingerprint density at radius 2 is 1.32 bits per heavy atom. The summed E-state index contributed by atoms with van der Waals surface area (Å²) in [6.45, 7) is 55.7. The second-order valence-corrected chi connectivity index (χ2v) is 48.9. The molecule has 2 aromatic rings. The van der Waals surface area contributed by atoms with Crippen LogP contribution in [0.4, 0.5) is 0 Å². The molecule has 3 heterocycles. The number of hydrogen-bond acceptors (Lipinski definition) is 7. The van der Waals surface area contributed by atoms with Gasteiger partial charge in [0.15, 0.2) is 22.4 Å². The zero-order chi connectivity index (χ0) is 58.0. The molecule has 0 aromatic heterocycles. The van der Waals surface area contributed by atoms with E-state index in [1.165, 1.54) is 21.5 Å². The van der Waals surface area contributed by atoms with Crippen molar-refractivity contribution in [2.45, 2.75) is 271 Å². The molecule has 6 rings (SSSR count). The maximum atomic E-state index is 7.95. The SMILES string of the molecule is C/C(=C\C[C@@H]1C[C@H](O[Si](c2ccccc2)(c2ccccc2)C(C)(C)C)C[C@]2(CC[C@H](C)[C@@H](C(C)C)O2)O1)C[C@@H](C)/C=C\C=C1/CO[C@@H]2[C@@H](O[Si](C(C)C)(C(C)C)C(C)C)[C@@H](C)C[C@@H](CO[Si](C)(C)C(C)(C)C)[C@]12O[Si](C)(C)C. The van der Waals surface area contributed by atoms with E-state index in [4.69, 9.17) is 31.9 Å². The first-order valence-corrected chi connectivity index (χ1v) is 41.3. The smallest absolute Gasteiger partial charge is 0.261 e. The van der Waals surface area contributed by atoms with Gasteiger partial charge in [0.05, 0.1) is 31.0 Å². The normalized spacial score (nSPS) is 30.2. The first-order valence-electron chi connectivity index (χ1n) is 31.0. The summed E-state index contributed by atoms with van der Waals surface area (Å²) in [5.41, 5.74) is 3.41. The van der Waals surface area contributed by atoms with Gasteiger partial charge < -0.3 is 31.9 Å². The van der Waals surface area contributed by atoms with Crippen LogP contribution in [0, 0.1) is 29.6 Å². The minimum absolute atomic E-state index is 0.0232. The molecule has 440 valence electrons. The minimum atomic E-state index is -2.83. The molecule has 7 nitrogen and oxygen atoms in total. The molecule has 4 fully saturated rings. The highest BCUT2D eigenvalue weighted by Crippen LogP contribution is 2.55. The Morgan fingerprint density at radius 1 is 0.744 bits per heavy atom. The number of allylic oxidation sites excluding steroid dienone is 4. The molecule has 0 amide bonds. The summed E-state index contributed by atoms with van der Waals surface area (Å²) in [5, 5.41) is 2.61. The summed E-state index contributed by atoms with van der Waals surface area (Å²) in [7, 11) is -9.34. The van der Waals surface area contributed by atoms with Gasteiger partial charge in [-0.05, 0) is 138 Å². The van der Waals surface area contributed by atoms with E-state index in [0.717, 1.165) is 44.9 Å². The van der Waals surface area contributed by atoms with E-state index in [2.05, 4.69) is 242 Å². The molecule has 0 unspecified atom stereocenters. The Bertz CT molecular complexity index is 2250. The third kappa shape index (κ3) is 14.2. The van der Waals surface area contributed by atoms with Crippen LogP contribution in [0.1, 0.15) is 170 Å². The van der Waals surface area contributed by atoms with Crippen molar-refractivity contribution in [3.05, 3.63) is 96.1 Å². The third-order valence-electron chi connectivity index (χ3n) is 19.3. The Kier molecular flexibility index (Phi) is 21.5. The number of hydrogen-bond donors (Lipinski definition) is 0. The van der Waals surface area contributed by atoms with Crippen LogP contribution in [0.3, 0.4) is 0 Å². The van der Waals surface area contributed by atoms with Crippen molar-refractivity contribution < 1.29 is 31.9 Å². The highest BCUT2D eigenvalue weighted by atomic mass is 28.4. The molecular weight excluding hydrogens is 1030 g/mol. The minimum Gasteiger partial charge on any atom is -0.416 e.